The molecule has 0 bridgehead atoms. The monoisotopic (exact) mass is 303 g/mol. The van der Waals surface area contributed by atoms with Crippen molar-refractivity contribution in [3.63, 3.8) is 0 Å². The number of rotatable bonds is 4. The highest BCUT2D eigenvalue weighted by molar-refractivity contribution is 7.91. The van der Waals surface area contributed by atoms with Crippen LogP contribution in [0.4, 0.5) is 0 Å². The molecule has 2 N–H and O–H groups in total. The third kappa shape index (κ3) is 4.19. The van der Waals surface area contributed by atoms with Gasteiger partial charge in [0, 0.05) is 18.3 Å². The van der Waals surface area contributed by atoms with Gasteiger partial charge in [-0.2, -0.15) is 0 Å². The van der Waals surface area contributed by atoms with E-state index in [0.717, 1.165) is 38.5 Å². The predicted molar refractivity (Wildman–Crippen MR) is 77.4 cm³/mol. The van der Waals surface area contributed by atoms with Crippen LogP contribution in [-0.4, -0.2) is 43.1 Å². The smallest absolute Gasteiger partial charge is 0.306 e. The number of carboxylic acid groups (broad SMARTS) is 1. The molecule has 2 aliphatic carbocycles. The van der Waals surface area contributed by atoms with Crippen molar-refractivity contribution in [2.24, 2.45) is 5.92 Å². The van der Waals surface area contributed by atoms with Crippen LogP contribution < -0.4 is 5.32 Å². The molecule has 0 aromatic carbocycles. The highest BCUT2D eigenvalue weighted by Crippen LogP contribution is 2.28. The molecule has 2 saturated carbocycles. The average molecular weight is 303 g/mol. The van der Waals surface area contributed by atoms with Crippen LogP contribution in [0.15, 0.2) is 0 Å². The Kier molecular flexibility index (Phi) is 5.07. The molecule has 6 heteroatoms. The summed E-state index contributed by atoms with van der Waals surface area (Å²) < 4.78 is 23.3. The summed E-state index contributed by atoms with van der Waals surface area (Å²) in [6.45, 7) is 0. The van der Waals surface area contributed by atoms with Gasteiger partial charge in [0.1, 0.15) is 9.84 Å². The lowest BCUT2D eigenvalue weighted by molar-refractivity contribution is -0.143. The quantitative estimate of drug-likeness (QED) is 0.824. The topological polar surface area (TPSA) is 83.5 Å². The van der Waals surface area contributed by atoms with E-state index in [1.165, 1.54) is 6.26 Å². The second kappa shape index (κ2) is 6.43. The molecule has 0 amide bonds. The molecule has 116 valence electrons. The Morgan fingerprint density at radius 3 is 2.25 bits per heavy atom. The Balaban J connectivity index is 1.88. The van der Waals surface area contributed by atoms with E-state index in [9.17, 15) is 13.2 Å². The van der Waals surface area contributed by atoms with Gasteiger partial charge in [-0.1, -0.05) is 12.8 Å². The minimum absolute atomic E-state index is 0.223. The zero-order valence-corrected chi connectivity index (χ0v) is 12.9. The number of hydrogen-bond acceptors (Lipinski definition) is 4. The first-order valence-electron chi connectivity index (χ1n) is 7.54. The standard InChI is InChI=1S/C14H25NO4S/c1-20(18,19)13-7-3-6-12(9-13)15-11-5-2-4-10(8-11)14(16)17/h10-13,15H,2-9H2,1H3,(H,16,17). The first-order chi connectivity index (χ1) is 9.36. The molecule has 0 aliphatic heterocycles. The Labute approximate surface area is 121 Å². The molecule has 4 atom stereocenters. The number of carbonyl (C=O) groups is 1. The first-order valence-corrected chi connectivity index (χ1v) is 9.49. The molecule has 0 heterocycles. The second-order valence-electron chi connectivity index (χ2n) is 6.38. The third-order valence-corrected chi connectivity index (χ3v) is 6.37. The van der Waals surface area contributed by atoms with Crippen molar-refractivity contribution in [3.8, 4) is 0 Å². The summed E-state index contributed by atoms with van der Waals surface area (Å²) in [5.74, 6) is -0.940. The van der Waals surface area contributed by atoms with Crippen molar-refractivity contribution in [1.82, 2.24) is 5.32 Å². The molecule has 2 fully saturated rings. The van der Waals surface area contributed by atoms with E-state index in [1.54, 1.807) is 0 Å². The fraction of sp³-hybridized carbons (Fsp3) is 0.929. The van der Waals surface area contributed by atoms with E-state index in [4.69, 9.17) is 5.11 Å². The number of sulfone groups is 1. The van der Waals surface area contributed by atoms with E-state index < -0.39 is 15.8 Å². The van der Waals surface area contributed by atoms with Crippen LogP contribution in [0.25, 0.3) is 0 Å². The van der Waals surface area contributed by atoms with Crippen LogP contribution in [0.1, 0.15) is 51.4 Å². The average Bonchev–Trinajstić information content (AvgIpc) is 2.38. The van der Waals surface area contributed by atoms with E-state index >= 15 is 0 Å². The lowest BCUT2D eigenvalue weighted by Crippen LogP contribution is -2.46. The third-order valence-electron chi connectivity index (χ3n) is 4.73. The predicted octanol–water partition coefficient (Wildman–Crippen LogP) is 1.58. The maximum atomic E-state index is 11.7. The molecule has 0 radical (unpaired) electrons. The van der Waals surface area contributed by atoms with Crippen LogP contribution >= 0.6 is 0 Å². The molecule has 0 spiro atoms. The molecule has 4 unspecified atom stereocenters. The summed E-state index contributed by atoms with van der Waals surface area (Å²) in [4.78, 5) is 11.1. The molecule has 0 aromatic rings. The van der Waals surface area contributed by atoms with Gasteiger partial charge in [0.15, 0.2) is 0 Å². The molecule has 0 saturated heterocycles. The Bertz CT molecular complexity index is 448. The van der Waals surface area contributed by atoms with Gasteiger partial charge in [0.2, 0.25) is 0 Å². The highest BCUT2D eigenvalue weighted by atomic mass is 32.2. The summed E-state index contributed by atoms with van der Waals surface area (Å²) in [6, 6.07) is 0.453. The fourth-order valence-electron chi connectivity index (χ4n) is 3.58. The molecule has 2 aliphatic rings. The summed E-state index contributed by atoms with van der Waals surface area (Å²) in [5.41, 5.74) is 0. The van der Waals surface area contributed by atoms with Crippen molar-refractivity contribution in [3.05, 3.63) is 0 Å². The second-order valence-corrected chi connectivity index (χ2v) is 8.71. The van der Waals surface area contributed by atoms with Crippen LogP contribution in [-0.2, 0) is 14.6 Å². The van der Waals surface area contributed by atoms with Crippen LogP contribution in [0.2, 0.25) is 0 Å². The van der Waals surface area contributed by atoms with Gasteiger partial charge in [0.25, 0.3) is 0 Å². The lowest BCUT2D eigenvalue weighted by Gasteiger charge is -2.35. The van der Waals surface area contributed by atoms with E-state index in [-0.39, 0.29) is 23.3 Å². The van der Waals surface area contributed by atoms with Gasteiger partial charge in [-0.3, -0.25) is 4.79 Å². The minimum atomic E-state index is -2.96. The van der Waals surface area contributed by atoms with Crippen molar-refractivity contribution >= 4 is 15.8 Å². The Hall–Kier alpha value is -0.620. The highest BCUT2D eigenvalue weighted by Gasteiger charge is 2.32. The molecule has 0 aromatic heterocycles. The number of carboxylic acids is 1. The van der Waals surface area contributed by atoms with Crippen LogP contribution in [0.5, 0.6) is 0 Å². The fourth-order valence-corrected chi connectivity index (χ4v) is 4.76. The maximum Gasteiger partial charge on any atom is 0.306 e. The van der Waals surface area contributed by atoms with Crippen molar-refractivity contribution in [2.45, 2.75) is 68.7 Å². The van der Waals surface area contributed by atoms with Gasteiger partial charge in [-0.25, -0.2) is 8.42 Å². The molecule has 5 nitrogen and oxygen atoms in total. The summed E-state index contributed by atoms with van der Waals surface area (Å²) in [6.07, 6.45) is 8.08. The van der Waals surface area contributed by atoms with Crippen molar-refractivity contribution in [2.75, 3.05) is 6.26 Å². The summed E-state index contributed by atoms with van der Waals surface area (Å²) in [5, 5.41) is 12.4. The molecular weight excluding hydrogens is 278 g/mol. The molecular formula is C14H25NO4S. The minimum Gasteiger partial charge on any atom is -0.481 e. The lowest BCUT2D eigenvalue weighted by atomic mass is 9.84. The van der Waals surface area contributed by atoms with Crippen LogP contribution in [0, 0.1) is 5.92 Å². The first kappa shape index (κ1) is 15.8. The van der Waals surface area contributed by atoms with Crippen molar-refractivity contribution in [1.29, 1.82) is 0 Å². The van der Waals surface area contributed by atoms with Gasteiger partial charge in [-0.15, -0.1) is 0 Å². The Morgan fingerprint density at radius 1 is 1.05 bits per heavy atom. The van der Waals surface area contributed by atoms with Gasteiger partial charge < -0.3 is 10.4 Å². The van der Waals surface area contributed by atoms with Gasteiger partial charge in [0.05, 0.1) is 11.2 Å². The van der Waals surface area contributed by atoms with Crippen molar-refractivity contribution < 1.29 is 18.3 Å². The normalized spacial score (nSPS) is 35.6. The molecule has 20 heavy (non-hydrogen) atoms. The van der Waals surface area contributed by atoms with Gasteiger partial charge >= 0.3 is 5.97 Å². The molecule has 2 rings (SSSR count). The number of hydrogen-bond donors (Lipinski definition) is 2. The number of aliphatic carboxylic acids is 1. The number of nitrogens with one attached hydrogen (secondary N) is 1. The SMILES string of the molecule is CS(=O)(=O)C1CCCC(NC2CCCC(C(=O)O)C2)C1. The summed E-state index contributed by atoms with van der Waals surface area (Å²) >= 11 is 0. The largest absolute Gasteiger partial charge is 0.481 e. The van der Waals surface area contributed by atoms with Gasteiger partial charge in [-0.05, 0) is 38.5 Å². The Morgan fingerprint density at radius 2 is 1.65 bits per heavy atom. The van der Waals surface area contributed by atoms with Crippen LogP contribution in [0.3, 0.4) is 0 Å². The zero-order chi connectivity index (χ0) is 14.8. The van der Waals surface area contributed by atoms with E-state index in [0.29, 0.717) is 12.8 Å². The zero-order valence-electron chi connectivity index (χ0n) is 12.0. The van der Waals surface area contributed by atoms with E-state index in [2.05, 4.69) is 5.32 Å². The van der Waals surface area contributed by atoms with E-state index in [1.807, 2.05) is 0 Å². The maximum absolute atomic E-state index is 11.7. The summed E-state index contributed by atoms with van der Waals surface area (Å²) in [7, 11) is -2.96.